The van der Waals surface area contributed by atoms with Gasteiger partial charge in [-0.25, -0.2) is 9.98 Å². The van der Waals surface area contributed by atoms with E-state index in [0.717, 1.165) is 69.8 Å². The second-order valence-electron chi connectivity index (χ2n) is 14.9. The fourth-order valence-electron chi connectivity index (χ4n) is 6.94. The summed E-state index contributed by atoms with van der Waals surface area (Å²) in [5.41, 5.74) is 12.2. The van der Waals surface area contributed by atoms with E-state index in [-0.39, 0.29) is 12.1 Å². The molecule has 0 saturated heterocycles. The largest absolute Gasteiger partial charge is 0.356 e. The van der Waals surface area contributed by atoms with Gasteiger partial charge < -0.3 is 10.6 Å². The number of hydrogen-bond donors (Lipinski definition) is 2. The summed E-state index contributed by atoms with van der Waals surface area (Å²) in [5, 5.41) is 6.95. The van der Waals surface area contributed by atoms with Gasteiger partial charge in [-0.05, 0) is 159 Å². The van der Waals surface area contributed by atoms with Gasteiger partial charge in [-0.1, -0.05) is 85.4 Å². The number of hydrogen-bond acceptors (Lipinski definition) is 6. The predicted molar refractivity (Wildman–Crippen MR) is 248 cm³/mol. The van der Waals surface area contributed by atoms with Gasteiger partial charge in [-0.2, -0.15) is 0 Å². The molecule has 0 heterocycles. The van der Waals surface area contributed by atoms with E-state index in [1.54, 1.807) is 0 Å². The lowest BCUT2D eigenvalue weighted by Crippen LogP contribution is -2.10. The molecule has 0 atom stereocenters. The van der Waals surface area contributed by atoms with Crippen LogP contribution in [-0.4, -0.2) is 34.9 Å². The number of nitrogens with one attached hydrogen (secondary N) is 2. The molecular weight excluding hydrogens is 709 g/mol. The molecule has 6 heteroatoms. The van der Waals surface area contributed by atoms with Gasteiger partial charge in [0.2, 0.25) is 0 Å². The van der Waals surface area contributed by atoms with Crippen LogP contribution in [0.1, 0.15) is 24.5 Å². The van der Waals surface area contributed by atoms with Crippen LogP contribution in [0.4, 0.5) is 34.1 Å². The van der Waals surface area contributed by atoms with Gasteiger partial charge in [0, 0.05) is 22.7 Å². The Balaban J connectivity index is 0.774. The molecule has 0 fully saturated rings. The van der Waals surface area contributed by atoms with Crippen molar-refractivity contribution in [3.63, 3.8) is 0 Å². The number of rotatable bonds is 11. The average Bonchev–Trinajstić information content (AvgIpc) is 3.26. The summed E-state index contributed by atoms with van der Waals surface area (Å²) in [7, 11) is 0. The Kier molecular flexibility index (Phi) is 12.0. The van der Waals surface area contributed by atoms with Crippen molar-refractivity contribution in [1.82, 2.24) is 0 Å². The zero-order valence-electron chi connectivity index (χ0n) is 33.0. The molecule has 4 aromatic rings. The maximum Gasteiger partial charge on any atom is 0.0868 e. The standard InChI is InChI=1S/C52H48N6/c1-3-38-6-14-42(15-7-38)54-46-22-30-50(31-23-46)58-52-34-26-48(27-35-52)56-44-18-10-40(11-19-44)36-39-8-16-43(17-9-39)55-47-24-32-51(33-25-47)57-49-28-20-45(21-29-49)53-41-12-4-37(2)5-13-41/h4-35,38-39,42-43,53,56H,3,36H2,1-2H3. The fraction of sp³-hybridized carbons (Fsp3) is 0.154. The number of allylic oxidation sites excluding steroid dienone is 12. The zero-order valence-corrected chi connectivity index (χ0v) is 33.0. The lowest BCUT2D eigenvalue weighted by molar-refractivity contribution is 0.748. The Hall–Kier alpha value is -6.92. The van der Waals surface area contributed by atoms with Crippen molar-refractivity contribution in [2.75, 3.05) is 10.6 Å². The Morgan fingerprint density at radius 1 is 0.414 bits per heavy atom. The van der Waals surface area contributed by atoms with E-state index in [9.17, 15) is 0 Å². The summed E-state index contributed by atoms with van der Waals surface area (Å²) in [6, 6.07) is 33.6. The van der Waals surface area contributed by atoms with Crippen LogP contribution >= 0.6 is 0 Å². The number of nitrogens with zero attached hydrogens (tertiary/aromatic N) is 4. The van der Waals surface area contributed by atoms with E-state index >= 15 is 0 Å². The van der Waals surface area contributed by atoms with Crippen molar-refractivity contribution in [3.05, 3.63) is 205 Å². The molecule has 286 valence electrons. The van der Waals surface area contributed by atoms with Gasteiger partial charge in [-0.15, -0.1) is 0 Å². The van der Waals surface area contributed by atoms with Crippen molar-refractivity contribution in [1.29, 1.82) is 0 Å². The minimum Gasteiger partial charge on any atom is -0.356 e. The molecule has 2 N–H and O–H groups in total. The van der Waals surface area contributed by atoms with Gasteiger partial charge in [0.15, 0.2) is 0 Å². The van der Waals surface area contributed by atoms with Crippen molar-refractivity contribution >= 4 is 57.0 Å². The second-order valence-corrected chi connectivity index (χ2v) is 14.9. The molecule has 4 aliphatic carbocycles. The Morgan fingerprint density at radius 2 is 0.776 bits per heavy atom. The van der Waals surface area contributed by atoms with E-state index in [1.807, 2.05) is 72.9 Å². The molecule has 4 aromatic carbocycles. The maximum absolute atomic E-state index is 4.92. The molecule has 0 aromatic heterocycles. The predicted octanol–water partition coefficient (Wildman–Crippen LogP) is 12.6. The summed E-state index contributed by atoms with van der Waals surface area (Å²) in [5.74, 6) is 0.872. The molecule has 8 rings (SSSR count). The topological polar surface area (TPSA) is 73.5 Å². The molecular formula is C52H48N6. The lowest BCUT2D eigenvalue weighted by atomic mass is 9.94. The fourth-order valence-corrected chi connectivity index (χ4v) is 6.94. The van der Waals surface area contributed by atoms with Crippen molar-refractivity contribution in [2.45, 2.75) is 38.8 Å². The number of aliphatic imine (C=N–C) groups is 4. The molecule has 0 radical (unpaired) electrons. The highest BCUT2D eigenvalue weighted by atomic mass is 14.9. The van der Waals surface area contributed by atoms with Crippen molar-refractivity contribution < 1.29 is 0 Å². The average molecular weight is 757 g/mol. The van der Waals surface area contributed by atoms with Crippen molar-refractivity contribution in [2.24, 2.45) is 31.8 Å². The normalized spacial score (nSPS) is 20.4. The minimum absolute atomic E-state index is 0.0236. The summed E-state index contributed by atoms with van der Waals surface area (Å²) < 4.78 is 0. The first-order valence-electron chi connectivity index (χ1n) is 20.2. The molecule has 0 spiro atoms. The third-order valence-corrected chi connectivity index (χ3v) is 10.3. The van der Waals surface area contributed by atoms with Crippen LogP contribution in [0.15, 0.2) is 214 Å². The van der Waals surface area contributed by atoms with Crippen LogP contribution in [0.25, 0.3) is 0 Å². The number of aryl methyl sites for hydroxylation is 1. The van der Waals surface area contributed by atoms with Crippen LogP contribution in [0.5, 0.6) is 0 Å². The van der Waals surface area contributed by atoms with E-state index < -0.39 is 0 Å². The Labute approximate surface area is 342 Å². The van der Waals surface area contributed by atoms with Gasteiger partial charge in [-0.3, -0.25) is 9.98 Å². The maximum atomic E-state index is 4.92. The third-order valence-electron chi connectivity index (χ3n) is 10.3. The zero-order chi connectivity index (χ0) is 39.5. The van der Waals surface area contributed by atoms with Crippen molar-refractivity contribution in [3.8, 4) is 0 Å². The van der Waals surface area contributed by atoms with Crippen LogP contribution in [-0.2, 0) is 6.42 Å². The van der Waals surface area contributed by atoms with Gasteiger partial charge in [0.1, 0.15) is 0 Å². The van der Waals surface area contributed by atoms with E-state index in [0.29, 0.717) is 11.8 Å². The van der Waals surface area contributed by atoms with Gasteiger partial charge in [0.25, 0.3) is 0 Å². The third kappa shape index (κ3) is 10.7. The number of benzene rings is 4. The Morgan fingerprint density at radius 3 is 1.19 bits per heavy atom. The molecule has 58 heavy (non-hydrogen) atoms. The van der Waals surface area contributed by atoms with E-state index in [4.69, 9.17) is 20.0 Å². The smallest absolute Gasteiger partial charge is 0.0868 e. The summed E-state index contributed by atoms with van der Waals surface area (Å²) in [6.45, 7) is 4.29. The molecule has 4 aliphatic rings. The molecule has 0 bridgehead atoms. The monoisotopic (exact) mass is 756 g/mol. The van der Waals surface area contributed by atoms with Gasteiger partial charge in [0.05, 0.1) is 46.3 Å². The van der Waals surface area contributed by atoms with Crippen LogP contribution in [0.3, 0.4) is 0 Å². The highest BCUT2D eigenvalue weighted by molar-refractivity contribution is 6.19. The highest BCUT2D eigenvalue weighted by Crippen LogP contribution is 2.25. The molecule has 6 nitrogen and oxygen atoms in total. The van der Waals surface area contributed by atoms with Crippen LogP contribution in [0.2, 0.25) is 0 Å². The lowest BCUT2D eigenvalue weighted by Gasteiger charge is -2.16. The van der Waals surface area contributed by atoms with Gasteiger partial charge >= 0.3 is 0 Å². The summed E-state index contributed by atoms with van der Waals surface area (Å²) in [4.78, 5) is 19.3. The quantitative estimate of drug-likeness (QED) is 0.118. The first-order chi connectivity index (χ1) is 28.5. The molecule has 0 unspecified atom stereocenters. The van der Waals surface area contributed by atoms with E-state index in [2.05, 4.69) is 146 Å². The SMILES string of the molecule is CCC1C=CC(N=C2C=CC(=Nc3ccc(Nc4ccc(CC5C=CC(N=C6C=CC(=Nc7ccc(Nc8ccc(C)cc8)cc7)C=C6)C=C5)cc4)cc3)C=C2)C=C1. The summed E-state index contributed by atoms with van der Waals surface area (Å²) >= 11 is 0. The van der Waals surface area contributed by atoms with Crippen LogP contribution in [0, 0.1) is 18.8 Å². The molecule has 0 aliphatic heterocycles. The first-order valence-corrected chi connectivity index (χ1v) is 20.2. The van der Waals surface area contributed by atoms with E-state index in [1.165, 1.54) is 11.1 Å². The molecule has 0 saturated carbocycles. The molecule has 0 amide bonds. The van der Waals surface area contributed by atoms with Crippen LogP contribution < -0.4 is 10.6 Å². The second kappa shape index (κ2) is 18.4. The Bertz CT molecular complexity index is 2380. The minimum atomic E-state index is 0.0236. The first kappa shape index (κ1) is 38.0. The highest BCUT2D eigenvalue weighted by Gasteiger charge is 2.12. The summed E-state index contributed by atoms with van der Waals surface area (Å²) in [6.07, 6.45) is 36.1. The number of anilines is 4.